The molecule has 0 amide bonds. The zero-order valence-electron chi connectivity index (χ0n) is 8.28. The van der Waals surface area contributed by atoms with Crippen LogP contribution >= 0.6 is 0 Å². The van der Waals surface area contributed by atoms with Crippen molar-refractivity contribution in [3.05, 3.63) is 0 Å². The molecule has 4 nitrogen and oxygen atoms in total. The Kier molecular flexibility index (Phi) is 4.70. The summed E-state index contributed by atoms with van der Waals surface area (Å²) >= 11 is 0. The van der Waals surface area contributed by atoms with Crippen molar-refractivity contribution in [3.63, 3.8) is 0 Å². The van der Waals surface area contributed by atoms with Crippen LogP contribution in [0.3, 0.4) is 0 Å². The molecule has 0 radical (unpaired) electrons. The molecule has 0 aromatic rings. The highest BCUT2D eigenvalue weighted by Crippen LogP contribution is 2.45. The fourth-order valence-electron chi connectivity index (χ4n) is 0.515. The van der Waals surface area contributed by atoms with Crippen molar-refractivity contribution in [2.75, 3.05) is 6.61 Å². The number of rotatable bonds is 6. The SMILES string of the molecule is O=C(O)COC(F)(F)C(F)(F)OC(F)(F)C(F)(F)F. The molecule has 0 aromatic carbocycles. The van der Waals surface area contributed by atoms with Gasteiger partial charge in [-0.3, -0.25) is 0 Å². The van der Waals surface area contributed by atoms with E-state index in [0.717, 1.165) is 0 Å². The van der Waals surface area contributed by atoms with Crippen LogP contribution in [0.4, 0.5) is 39.5 Å². The monoisotopic (exact) mass is 310 g/mol. The molecule has 0 saturated heterocycles. The van der Waals surface area contributed by atoms with E-state index < -0.39 is 37.1 Å². The van der Waals surface area contributed by atoms with E-state index in [2.05, 4.69) is 4.74 Å². The second-order valence-corrected chi connectivity index (χ2v) is 2.83. The topological polar surface area (TPSA) is 55.8 Å². The summed E-state index contributed by atoms with van der Waals surface area (Å²) in [6.45, 7) is -2.08. The zero-order valence-corrected chi connectivity index (χ0v) is 8.28. The van der Waals surface area contributed by atoms with Gasteiger partial charge in [-0.1, -0.05) is 0 Å². The van der Waals surface area contributed by atoms with Crippen LogP contribution in [0.25, 0.3) is 0 Å². The highest BCUT2D eigenvalue weighted by molar-refractivity contribution is 5.68. The molecule has 0 bridgehead atoms. The van der Waals surface area contributed by atoms with E-state index in [4.69, 9.17) is 5.11 Å². The predicted molar refractivity (Wildman–Crippen MR) is 35.6 cm³/mol. The van der Waals surface area contributed by atoms with E-state index in [9.17, 15) is 44.3 Å². The van der Waals surface area contributed by atoms with Gasteiger partial charge >= 0.3 is 30.5 Å². The second kappa shape index (κ2) is 5.03. The number of carboxylic acid groups (broad SMARTS) is 1. The van der Waals surface area contributed by atoms with E-state index in [1.807, 2.05) is 0 Å². The molecule has 0 aromatic heterocycles. The standard InChI is InChI=1S/C6H3F9O4/c7-3(8,9)4(10,11)19-6(14,15)5(12,13)18-1-2(16)17/h1H2,(H,16,17). The molecule has 0 aliphatic carbocycles. The van der Waals surface area contributed by atoms with Gasteiger partial charge in [-0.05, 0) is 0 Å². The highest BCUT2D eigenvalue weighted by atomic mass is 19.4. The smallest absolute Gasteiger partial charge is 0.480 e. The third kappa shape index (κ3) is 4.41. The molecule has 0 aliphatic rings. The molecule has 1 N–H and O–H groups in total. The molecule has 0 unspecified atom stereocenters. The second-order valence-electron chi connectivity index (χ2n) is 2.83. The fraction of sp³-hybridized carbons (Fsp3) is 0.833. The molecule has 0 fully saturated rings. The van der Waals surface area contributed by atoms with Gasteiger partial charge in [-0.2, -0.15) is 39.5 Å². The van der Waals surface area contributed by atoms with E-state index in [1.54, 1.807) is 4.74 Å². The quantitative estimate of drug-likeness (QED) is 0.766. The molecule has 0 saturated carbocycles. The lowest BCUT2D eigenvalue weighted by Gasteiger charge is -2.29. The van der Waals surface area contributed by atoms with Crippen LogP contribution in [0.5, 0.6) is 0 Å². The van der Waals surface area contributed by atoms with Crippen LogP contribution in [0.2, 0.25) is 0 Å². The summed E-state index contributed by atoms with van der Waals surface area (Å²) in [5.74, 6) is -2.20. The summed E-state index contributed by atoms with van der Waals surface area (Å²) < 4.78 is 113. The Hall–Kier alpha value is -1.24. The van der Waals surface area contributed by atoms with Crippen LogP contribution in [-0.2, 0) is 14.3 Å². The first-order chi connectivity index (χ1) is 8.12. The maximum atomic E-state index is 12.4. The Morgan fingerprint density at radius 2 is 1.26 bits per heavy atom. The summed E-state index contributed by atoms with van der Waals surface area (Å²) in [5.41, 5.74) is 0. The van der Waals surface area contributed by atoms with Crippen molar-refractivity contribution in [1.29, 1.82) is 0 Å². The van der Waals surface area contributed by atoms with E-state index in [-0.39, 0.29) is 0 Å². The Morgan fingerprint density at radius 1 is 0.842 bits per heavy atom. The molecule has 0 atom stereocenters. The number of carboxylic acids is 1. The molecular formula is C6H3F9O4. The molecule has 0 rings (SSSR count). The molecule has 0 aliphatic heterocycles. The lowest BCUT2D eigenvalue weighted by molar-refractivity contribution is -0.515. The first-order valence-electron chi connectivity index (χ1n) is 3.88. The van der Waals surface area contributed by atoms with Gasteiger partial charge in [0.25, 0.3) is 0 Å². The number of carbonyl (C=O) groups is 1. The van der Waals surface area contributed by atoms with Crippen LogP contribution in [0.15, 0.2) is 0 Å². The first-order valence-corrected chi connectivity index (χ1v) is 3.88. The first kappa shape index (κ1) is 17.8. The van der Waals surface area contributed by atoms with Gasteiger partial charge in [-0.25, -0.2) is 9.53 Å². The summed E-state index contributed by atoms with van der Waals surface area (Å²) in [6, 6.07) is 0. The zero-order chi connectivity index (χ0) is 15.7. The van der Waals surface area contributed by atoms with Crippen LogP contribution in [0.1, 0.15) is 0 Å². The third-order valence-corrected chi connectivity index (χ3v) is 1.30. The fourth-order valence-corrected chi connectivity index (χ4v) is 0.515. The largest absolute Gasteiger partial charge is 0.483 e. The molecule has 19 heavy (non-hydrogen) atoms. The minimum absolute atomic E-state index is 1.73. The van der Waals surface area contributed by atoms with Crippen LogP contribution < -0.4 is 0 Å². The third-order valence-electron chi connectivity index (χ3n) is 1.30. The van der Waals surface area contributed by atoms with Gasteiger partial charge in [0, 0.05) is 0 Å². The van der Waals surface area contributed by atoms with E-state index in [1.165, 1.54) is 0 Å². The Labute approximate surface area is 97.2 Å². The average molecular weight is 310 g/mol. The van der Waals surface area contributed by atoms with Crippen LogP contribution in [0, 0.1) is 0 Å². The number of aliphatic carboxylic acids is 1. The van der Waals surface area contributed by atoms with Crippen LogP contribution in [-0.4, -0.2) is 42.2 Å². The molecular weight excluding hydrogens is 307 g/mol. The van der Waals surface area contributed by atoms with Crippen molar-refractivity contribution in [1.82, 2.24) is 0 Å². The maximum Gasteiger partial charge on any atom is 0.483 e. The Morgan fingerprint density at radius 3 is 1.58 bits per heavy atom. The predicted octanol–water partition coefficient (Wildman–Crippen LogP) is 2.44. The Bertz CT molecular complexity index is 336. The molecule has 0 spiro atoms. The molecule has 114 valence electrons. The highest BCUT2D eigenvalue weighted by Gasteiger charge is 2.71. The molecule has 13 heteroatoms. The van der Waals surface area contributed by atoms with Gasteiger partial charge in [-0.15, -0.1) is 0 Å². The van der Waals surface area contributed by atoms with Crippen molar-refractivity contribution < 1.29 is 58.9 Å². The number of alkyl halides is 9. The summed E-state index contributed by atoms with van der Waals surface area (Å²) in [7, 11) is 0. The summed E-state index contributed by atoms with van der Waals surface area (Å²) in [5, 5.41) is 7.83. The molecule has 0 heterocycles. The number of hydrogen-bond donors (Lipinski definition) is 1. The average Bonchev–Trinajstić information content (AvgIpc) is 2.11. The summed E-state index contributed by atoms with van der Waals surface area (Å²) in [4.78, 5) is 9.75. The van der Waals surface area contributed by atoms with Gasteiger partial charge in [0.2, 0.25) is 0 Å². The van der Waals surface area contributed by atoms with Gasteiger partial charge in [0.15, 0.2) is 6.61 Å². The minimum atomic E-state index is -6.68. The van der Waals surface area contributed by atoms with Crippen molar-refractivity contribution >= 4 is 5.97 Å². The van der Waals surface area contributed by atoms with Gasteiger partial charge < -0.3 is 9.84 Å². The van der Waals surface area contributed by atoms with Crippen molar-refractivity contribution in [3.8, 4) is 0 Å². The van der Waals surface area contributed by atoms with Gasteiger partial charge in [0.05, 0.1) is 0 Å². The number of ether oxygens (including phenoxy) is 2. The van der Waals surface area contributed by atoms with E-state index in [0.29, 0.717) is 0 Å². The Balaban J connectivity index is 5.01. The lowest BCUT2D eigenvalue weighted by Crippen LogP contribution is -2.53. The normalized spacial score (nSPS) is 14.6. The van der Waals surface area contributed by atoms with Crippen molar-refractivity contribution in [2.24, 2.45) is 0 Å². The number of halogens is 9. The van der Waals surface area contributed by atoms with Crippen molar-refractivity contribution in [2.45, 2.75) is 24.5 Å². The summed E-state index contributed by atoms with van der Waals surface area (Å²) in [6.07, 6.45) is -25.7. The lowest BCUT2D eigenvalue weighted by atomic mass is 10.5. The van der Waals surface area contributed by atoms with Gasteiger partial charge in [0.1, 0.15) is 0 Å². The maximum absolute atomic E-state index is 12.4. The number of hydrogen-bond acceptors (Lipinski definition) is 3. The minimum Gasteiger partial charge on any atom is -0.480 e. The van der Waals surface area contributed by atoms with E-state index >= 15 is 0 Å².